The molecule has 0 radical (unpaired) electrons. The molecule has 8 rings (SSSR count). The number of pyridine rings is 2. The number of aryl methyl sites for hydroxylation is 3. The molecule has 0 aliphatic rings. The second kappa shape index (κ2) is 9.22. The molecule has 42 heavy (non-hydrogen) atoms. The van der Waals surface area contributed by atoms with Crippen LogP contribution in [0, 0.1) is 27.7 Å². The summed E-state index contributed by atoms with van der Waals surface area (Å²) in [5, 5.41) is 9.89. The minimum Gasteiger partial charge on any atom is -0.254 e. The van der Waals surface area contributed by atoms with Crippen molar-refractivity contribution in [1.82, 2.24) is 9.97 Å². The van der Waals surface area contributed by atoms with Gasteiger partial charge in [-0.1, -0.05) is 97.1 Å². The Morgan fingerprint density at radius 2 is 1.00 bits per heavy atom. The molecule has 0 unspecified atom stereocenters. The van der Waals surface area contributed by atoms with Crippen LogP contribution >= 0.6 is 0 Å². The number of hydrogen-bond acceptors (Lipinski definition) is 2. The molecule has 8 aromatic rings. The van der Waals surface area contributed by atoms with Crippen molar-refractivity contribution in [3.05, 3.63) is 132 Å². The molecule has 0 spiro atoms. The molecule has 0 saturated heterocycles. The predicted molar refractivity (Wildman–Crippen MR) is 179 cm³/mol. The Morgan fingerprint density at radius 1 is 0.429 bits per heavy atom. The summed E-state index contributed by atoms with van der Waals surface area (Å²) < 4.78 is 0. The lowest BCUT2D eigenvalue weighted by atomic mass is 9.88. The Balaban J connectivity index is 1.43. The van der Waals surface area contributed by atoms with Crippen LogP contribution < -0.4 is 0 Å². The van der Waals surface area contributed by atoms with Crippen LogP contribution in [0.4, 0.5) is 0 Å². The quantitative estimate of drug-likeness (QED) is 0.205. The van der Waals surface area contributed by atoms with Crippen molar-refractivity contribution in [2.24, 2.45) is 0 Å². The van der Waals surface area contributed by atoms with Gasteiger partial charge in [-0.15, -0.1) is 0 Å². The van der Waals surface area contributed by atoms with Crippen LogP contribution in [-0.2, 0) is 0 Å². The monoisotopic (exact) mass is 538 g/mol. The lowest BCUT2D eigenvalue weighted by molar-refractivity contribution is 1.26. The van der Waals surface area contributed by atoms with Crippen molar-refractivity contribution in [3.63, 3.8) is 0 Å². The van der Waals surface area contributed by atoms with Gasteiger partial charge in [0, 0.05) is 22.5 Å². The normalized spacial score (nSPS) is 11.8. The van der Waals surface area contributed by atoms with Gasteiger partial charge in [-0.25, -0.2) is 4.98 Å². The van der Waals surface area contributed by atoms with E-state index in [2.05, 4.69) is 131 Å². The van der Waals surface area contributed by atoms with Crippen LogP contribution in [0.25, 0.3) is 76.5 Å². The Kier molecular flexibility index (Phi) is 5.42. The third-order valence-electron chi connectivity index (χ3n) is 9.32. The van der Waals surface area contributed by atoms with E-state index in [0.717, 1.165) is 22.3 Å². The Labute approximate surface area is 245 Å². The highest BCUT2D eigenvalue weighted by molar-refractivity contribution is 6.17. The molecule has 2 nitrogen and oxygen atoms in total. The summed E-state index contributed by atoms with van der Waals surface area (Å²) in [5.41, 5.74) is 11.6. The molecule has 0 fully saturated rings. The molecular weight excluding hydrogens is 508 g/mol. The van der Waals surface area contributed by atoms with Gasteiger partial charge in [0.05, 0.1) is 16.7 Å². The minimum atomic E-state index is 0.974. The van der Waals surface area contributed by atoms with Gasteiger partial charge < -0.3 is 0 Å². The lowest BCUT2D eigenvalue weighted by Crippen LogP contribution is -1.98. The zero-order chi connectivity index (χ0) is 28.5. The maximum absolute atomic E-state index is 5.39. The molecule has 0 bridgehead atoms. The van der Waals surface area contributed by atoms with Crippen molar-refractivity contribution in [1.29, 1.82) is 0 Å². The Hall–Kier alpha value is -5.08. The number of nitrogens with zero attached hydrogens (tertiary/aromatic N) is 2. The number of aromatic nitrogens is 2. The van der Waals surface area contributed by atoms with E-state index in [1.807, 2.05) is 6.20 Å². The van der Waals surface area contributed by atoms with E-state index in [1.165, 1.54) is 76.5 Å². The topological polar surface area (TPSA) is 25.8 Å². The van der Waals surface area contributed by atoms with E-state index in [0.29, 0.717) is 0 Å². The van der Waals surface area contributed by atoms with Crippen molar-refractivity contribution in [2.45, 2.75) is 27.7 Å². The molecule has 2 aromatic heterocycles. The Morgan fingerprint density at radius 3 is 1.74 bits per heavy atom. The molecule has 0 N–H and O–H groups in total. The first-order valence-electron chi connectivity index (χ1n) is 14.6. The summed E-state index contributed by atoms with van der Waals surface area (Å²) in [4.78, 5) is 10.3. The van der Waals surface area contributed by atoms with Crippen LogP contribution in [0.15, 0.2) is 109 Å². The van der Waals surface area contributed by atoms with Crippen molar-refractivity contribution < 1.29 is 0 Å². The molecule has 2 heteroatoms. The van der Waals surface area contributed by atoms with Crippen LogP contribution in [0.5, 0.6) is 0 Å². The van der Waals surface area contributed by atoms with E-state index in [-0.39, 0.29) is 0 Å². The first-order chi connectivity index (χ1) is 20.5. The largest absolute Gasteiger partial charge is 0.254 e. The van der Waals surface area contributed by atoms with Crippen LogP contribution in [0.1, 0.15) is 22.3 Å². The van der Waals surface area contributed by atoms with E-state index >= 15 is 0 Å². The summed E-state index contributed by atoms with van der Waals surface area (Å²) in [7, 11) is 0. The van der Waals surface area contributed by atoms with E-state index < -0.39 is 0 Å². The first kappa shape index (κ1) is 24.7. The molecule has 6 aromatic carbocycles. The molecule has 0 aliphatic carbocycles. The molecule has 200 valence electrons. The third kappa shape index (κ3) is 3.51. The predicted octanol–water partition coefficient (Wildman–Crippen LogP) is 10.8. The van der Waals surface area contributed by atoms with Crippen molar-refractivity contribution >= 4 is 54.1 Å². The minimum absolute atomic E-state index is 0.974. The number of rotatable bonds is 2. The zero-order valence-electron chi connectivity index (χ0n) is 24.3. The van der Waals surface area contributed by atoms with Gasteiger partial charge in [0.15, 0.2) is 0 Å². The summed E-state index contributed by atoms with van der Waals surface area (Å²) in [5.74, 6) is 0. The average Bonchev–Trinajstić information content (AvgIpc) is 3.03. The standard InChI is InChI=1S/C40H30N2/c1-23-22-41-39-28(24(23)2)17-18-29-25(3)26(4)38(42-40(29)39)36-20-19-35(32-14-8-9-15-33(32)36)37-21-27-11-5-6-12-30(27)31-13-7-10-16-34(31)37/h5-22H,1-4H3. The highest BCUT2D eigenvalue weighted by Gasteiger charge is 2.18. The van der Waals surface area contributed by atoms with E-state index in [9.17, 15) is 0 Å². The van der Waals surface area contributed by atoms with Crippen LogP contribution in [-0.4, -0.2) is 9.97 Å². The summed E-state index contributed by atoms with van der Waals surface area (Å²) in [6.45, 7) is 8.72. The lowest BCUT2D eigenvalue weighted by Gasteiger charge is -2.18. The van der Waals surface area contributed by atoms with Crippen LogP contribution in [0.2, 0.25) is 0 Å². The molecular formula is C40H30N2. The number of benzene rings is 6. The van der Waals surface area contributed by atoms with Gasteiger partial charge in [-0.3, -0.25) is 4.98 Å². The van der Waals surface area contributed by atoms with Gasteiger partial charge in [0.1, 0.15) is 0 Å². The molecule has 0 amide bonds. The maximum Gasteiger partial charge on any atom is 0.0975 e. The zero-order valence-corrected chi connectivity index (χ0v) is 24.3. The van der Waals surface area contributed by atoms with E-state index in [4.69, 9.17) is 9.97 Å². The van der Waals surface area contributed by atoms with Crippen molar-refractivity contribution in [3.8, 4) is 22.4 Å². The highest BCUT2D eigenvalue weighted by Crippen LogP contribution is 2.42. The van der Waals surface area contributed by atoms with Crippen LogP contribution in [0.3, 0.4) is 0 Å². The third-order valence-corrected chi connectivity index (χ3v) is 9.32. The summed E-state index contributed by atoms with van der Waals surface area (Å²) in [6.07, 6.45) is 1.98. The molecule has 0 atom stereocenters. The summed E-state index contributed by atoms with van der Waals surface area (Å²) >= 11 is 0. The summed E-state index contributed by atoms with van der Waals surface area (Å²) in [6, 6.07) is 37.6. The van der Waals surface area contributed by atoms with Crippen molar-refractivity contribution in [2.75, 3.05) is 0 Å². The average molecular weight is 539 g/mol. The SMILES string of the molecule is Cc1cnc2c(ccc3c(C)c(C)c(-c4ccc(-c5cc6ccccc6c6ccccc56)c5ccccc45)nc32)c1C. The fourth-order valence-electron chi connectivity index (χ4n) is 6.75. The van der Waals surface area contributed by atoms with Gasteiger partial charge in [0.2, 0.25) is 0 Å². The maximum atomic E-state index is 5.39. The fraction of sp³-hybridized carbons (Fsp3) is 0.100. The van der Waals surface area contributed by atoms with E-state index in [1.54, 1.807) is 0 Å². The fourth-order valence-corrected chi connectivity index (χ4v) is 6.75. The first-order valence-corrected chi connectivity index (χ1v) is 14.6. The molecule has 0 saturated carbocycles. The van der Waals surface area contributed by atoms with Gasteiger partial charge in [0.25, 0.3) is 0 Å². The van der Waals surface area contributed by atoms with Gasteiger partial charge in [-0.2, -0.15) is 0 Å². The van der Waals surface area contributed by atoms with Gasteiger partial charge in [-0.05, 0) is 99.5 Å². The number of fused-ring (bicyclic) bond motifs is 7. The second-order valence-corrected chi connectivity index (χ2v) is 11.5. The number of hydrogen-bond donors (Lipinski definition) is 0. The smallest absolute Gasteiger partial charge is 0.0975 e. The molecule has 2 heterocycles. The second-order valence-electron chi connectivity index (χ2n) is 11.5. The Bertz CT molecular complexity index is 2400. The highest BCUT2D eigenvalue weighted by atomic mass is 14.8. The van der Waals surface area contributed by atoms with Gasteiger partial charge >= 0.3 is 0 Å². The molecule has 0 aliphatic heterocycles.